The van der Waals surface area contributed by atoms with Crippen LogP contribution in [0.2, 0.25) is 0 Å². The lowest BCUT2D eigenvalue weighted by Crippen LogP contribution is -2.09. The van der Waals surface area contributed by atoms with E-state index in [1.54, 1.807) is 0 Å². The van der Waals surface area contributed by atoms with Crippen LogP contribution < -0.4 is 0 Å². The molecular weight excluding hydrogens is 131 g/mol. The van der Waals surface area contributed by atoms with Crippen LogP contribution in [0.1, 0.15) is 33.1 Å². The molecule has 0 aliphatic rings. The summed E-state index contributed by atoms with van der Waals surface area (Å²) >= 11 is 0. The van der Waals surface area contributed by atoms with Crippen LogP contribution in [0.3, 0.4) is 0 Å². The maximum atomic E-state index is 11.7. The molecule has 0 amide bonds. The molecule has 0 aromatic carbocycles. The summed E-state index contributed by atoms with van der Waals surface area (Å²) in [7, 11) is 0. The maximum Gasteiger partial charge on any atom is 0.0919 e. The Labute approximate surface area is 62.6 Å². The molecule has 0 heterocycles. The Morgan fingerprint density at radius 1 is 1.50 bits per heavy atom. The van der Waals surface area contributed by atoms with Crippen LogP contribution in [0.5, 0.6) is 0 Å². The van der Waals surface area contributed by atoms with Crippen LogP contribution in [0, 0.1) is 0 Å². The monoisotopic (exact) mass is 148 g/mol. The van der Waals surface area contributed by atoms with E-state index in [1.165, 1.54) is 0 Å². The number of ether oxygens (including phenoxy) is 1. The highest BCUT2D eigenvalue weighted by Gasteiger charge is 1.99. The number of halogens is 1. The van der Waals surface area contributed by atoms with Crippen LogP contribution in [0.25, 0.3) is 0 Å². The summed E-state index contributed by atoms with van der Waals surface area (Å²) in [5, 5.41) is 0. The summed E-state index contributed by atoms with van der Waals surface area (Å²) in [6.07, 6.45) is 2.85. The maximum absolute atomic E-state index is 11.7. The van der Waals surface area contributed by atoms with E-state index >= 15 is 0 Å². The van der Waals surface area contributed by atoms with Crippen molar-refractivity contribution in [3.8, 4) is 0 Å². The van der Waals surface area contributed by atoms with Crippen LogP contribution in [-0.2, 0) is 4.74 Å². The molecule has 1 atom stereocenters. The van der Waals surface area contributed by atoms with Crippen molar-refractivity contribution in [3.05, 3.63) is 0 Å². The Morgan fingerprint density at radius 2 is 2.20 bits per heavy atom. The standard InChI is InChI=1S/C8H17FO/c1-3-4-7-10-8(2)5-6-9/h8H,3-7H2,1-2H3. The van der Waals surface area contributed by atoms with Gasteiger partial charge < -0.3 is 4.74 Å². The molecule has 0 aliphatic heterocycles. The normalized spacial score (nSPS) is 13.5. The van der Waals surface area contributed by atoms with Crippen molar-refractivity contribution in [2.75, 3.05) is 13.3 Å². The van der Waals surface area contributed by atoms with Crippen molar-refractivity contribution in [1.82, 2.24) is 0 Å². The fraction of sp³-hybridized carbons (Fsp3) is 1.00. The van der Waals surface area contributed by atoms with E-state index < -0.39 is 0 Å². The second-order valence-electron chi connectivity index (χ2n) is 2.51. The summed E-state index contributed by atoms with van der Waals surface area (Å²) in [5.74, 6) is 0. The van der Waals surface area contributed by atoms with Crippen molar-refractivity contribution < 1.29 is 9.13 Å². The third-order valence-corrected chi connectivity index (χ3v) is 1.42. The minimum atomic E-state index is -0.271. The molecule has 1 nitrogen and oxygen atoms in total. The average Bonchev–Trinajstić information content (AvgIpc) is 1.89. The van der Waals surface area contributed by atoms with Gasteiger partial charge in [-0.15, -0.1) is 0 Å². The third-order valence-electron chi connectivity index (χ3n) is 1.42. The average molecular weight is 148 g/mol. The van der Waals surface area contributed by atoms with Gasteiger partial charge >= 0.3 is 0 Å². The largest absolute Gasteiger partial charge is 0.378 e. The summed E-state index contributed by atoms with van der Waals surface area (Å²) in [4.78, 5) is 0. The first kappa shape index (κ1) is 9.89. The lowest BCUT2D eigenvalue weighted by Gasteiger charge is -2.09. The molecule has 0 aliphatic carbocycles. The Hall–Kier alpha value is -0.110. The topological polar surface area (TPSA) is 9.23 Å². The second-order valence-corrected chi connectivity index (χ2v) is 2.51. The zero-order valence-electron chi connectivity index (χ0n) is 6.90. The molecule has 0 aromatic heterocycles. The smallest absolute Gasteiger partial charge is 0.0919 e. The third kappa shape index (κ3) is 6.02. The predicted octanol–water partition coefficient (Wildman–Crippen LogP) is 2.55. The number of hydrogen-bond acceptors (Lipinski definition) is 1. The van der Waals surface area contributed by atoms with Gasteiger partial charge in [0.15, 0.2) is 0 Å². The number of unbranched alkanes of at least 4 members (excludes halogenated alkanes) is 1. The molecule has 0 saturated heterocycles. The first-order valence-electron chi connectivity index (χ1n) is 3.98. The minimum Gasteiger partial charge on any atom is -0.378 e. The Kier molecular flexibility index (Phi) is 6.93. The molecule has 0 spiro atoms. The molecule has 10 heavy (non-hydrogen) atoms. The highest BCUT2D eigenvalue weighted by molar-refractivity contribution is 4.47. The van der Waals surface area contributed by atoms with E-state index in [2.05, 4.69) is 6.92 Å². The zero-order chi connectivity index (χ0) is 7.82. The van der Waals surface area contributed by atoms with Crippen molar-refractivity contribution in [3.63, 3.8) is 0 Å². The first-order valence-corrected chi connectivity index (χ1v) is 3.98. The van der Waals surface area contributed by atoms with Crippen LogP contribution in [-0.4, -0.2) is 19.4 Å². The van der Waals surface area contributed by atoms with Gasteiger partial charge in [-0.3, -0.25) is 4.39 Å². The van der Waals surface area contributed by atoms with E-state index in [0.717, 1.165) is 19.4 Å². The quantitative estimate of drug-likeness (QED) is 0.526. The zero-order valence-corrected chi connectivity index (χ0v) is 6.90. The lowest BCUT2D eigenvalue weighted by molar-refractivity contribution is 0.0539. The van der Waals surface area contributed by atoms with Crippen LogP contribution >= 0.6 is 0 Å². The summed E-state index contributed by atoms with van der Waals surface area (Å²) in [5.41, 5.74) is 0. The molecule has 0 N–H and O–H groups in total. The molecule has 0 aromatic rings. The second kappa shape index (κ2) is 7.00. The molecule has 0 saturated carbocycles. The Bertz CT molecular complexity index is 66.3. The predicted molar refractivity (Wildman–Crippen MR) is 40.9 cm³/mol. The fourth-order valence-corrected chi connectivity index (χ4v) is 0.666. The van der Waals surface area contributed by atoms with E-state index in [9.17, 15) is 4.39 Å². The van der Waals surface area contributed by atoms with Crippen molar-refractivity contribution in [2.45, 2.75) is 39.2 Å². The molecule has 2 heteroatoms. The van der Waals surface area contributed by atoms with E-state index in [1.807, 2.05) is 6.92 Å². The summed E-state index contributed by atoms with van der Waals surface area (Å²) in [6.45, 7) is 4.53. The van der Waals surface area contributed by atoms with Crippen LogP contribution in [0.4, 0.5) is 4.39 Å². The van der Waals surface area contributed by atoms with Gasteiger partial charge in [0.05, 0.1) is 12.8 Å². The van der Waals surface area contributed by atoms with Gasteiger partial charge in [-0.1, -0.05) is 13.3 Å². The molecule has 0 radical (unpaired) electrons. The molecular formula is C8H17FO. The van der Waals surface area contributed by atoms with Crippen molar-refractivity contribution in [2.24, 2.45) is 0 Å². The van der Waals surface area contributed by atoms with Gasteiger partial charge in [0.1, 0.15) is 0 Å². The number of alkyl halides is 1. The van der Waals surface area contributed by atoms with Crippen LogP contribution in [0.15, 0.2) is 0 Å². The summed E-state index contributed by atoms with van der Waals surface area (Å²) < 4.78 is 17.0. The molecule has 62 valence electrons. The van der Waals surface area contributed by atoms with Gasteiger partial charge in [-0.05, 0) is 13.3 Å². The SMILES string of the molecule is CCCCOC(C)CCF. The van der Waals surface area contributed by atoms with Gasteiger partial charge in [0.25, 0.3) is 0 Å². The van der Waals surface area contributed by atoms with Crippen molar-refractivity contribution >= 4 is 0 Å². The summed E-state index contributed by atoms with van der Waals surface area (Å²) in [6, 6.07) is 0. The minimum absolute atomic E-state index is 0.0940. The number of hydrogen-bond donors (Lipinski definition) is 0. The lowest BCUT2D eigenvalue weighted by atomic mass is 10.3. The van der Waals surface area contributed by atoms with E-state index in [0.29, 0.717) is 6.42 Å². The molecule has 0 fully saturated rings. The van der Waals surface area contributed by atoms with E-state index in [-0.39, 0.29) is 12.8 Å². The highest BCUT2D eigenvalue weighted by Crippen LogP contribution is 1.99. The van der Waals surface area contributed by atoms with Gasteiger partial charge in [-0.25, -0.2) is 0 Å². The van der Waals surface area contributed by atoms with Crippen molar-refractivity contribution in [1.29, 1.82) is 0 Å². The molecule has 0 bridgehead atoms. The highest BCUT2D eigenvalue weighted by atomic mass is 19.1. The molecule has 0 rings (SSSR count). The Morgan fingerprint density at radius 3 is 2.70 bits per heavy atom. The van der Waals surface area contributed by atoms with Gasteiger partial charge in [0.2, 0.25) is 0 Å². The van der Waals surface area contributed by atoms with E-state index in [4.69, 9.17) is 4.74 Å². The number of rotatable bonds is 6. The molecule has 1 unspecified atom stereocenters. The van der Waals surface area contributed by atoms with Gasteiger partial charge in [0, 0.05) is 13.0 Å². The first-order chi connectivity index (χ1) is 4.81. The van der Waals surface area contributed by atoms with Gasteiger partial charge in [-0.2, -0.15) is 0 Å². The Balaban J connectivity index is 2.97. The fourth-order valence-electron chi connectivity index (χ4n) is 0.666.